The molecule has 1 N–H and O–H groups in total. The molecule has 3 aromatic rings. The number of hydrogen-bond donors (Lipinski definition) is 1. The molecule has 28 heavy (non-hydrogen) atoms. The molecule has 0 radical (unpaired) electrons. The molecule has 0 heterocycles. The van der Waals surface area contributed by atoms with Crippen molar-refractivity contribution in [2.24, 2.45) is 0 Å². The molecule has 0 fully saturated rings. The molecule has 3 rings (SSSR count). The Morgan fingerprint density at radius 3 is 2.18 bits per heavy atom. The number of benzene rings is 3. The van der Waals surface area contributed by atoms with Crippen LogP contribution in [0.5, 0.6) is 5.75 Å². The van der Waals surface area contributed by atoms with E-state index in [1.165, 1.54) is 0 Å². The molecule has 0 atom stereocenters. The maximum atomic E-state index is 12.1. The summed E-state index contributed by atoms with van der Waals surface area (Å²) in [7, 11) is 0. The fourth-order valence-electron chi connectivity index (χ4n) is 2.71. The van der Waals surface area contributed by atoms with Crippen LogP contribution in [0.2, 0.25) is 0 Å². The summed E-state index contributed by atoms with van der Waals surface area (Å²) in [5.41, 5.74) is 3.52. The van der Waals surface area contributed by atoms with Crippen LogP contribution in [-0.2, 0) is 11.4 Å². The second-order valence-electron chi connectivity index (χ2n) is 6.64. The van der Waals surface area contributed by atoms with Crippen LogP contribution in [0.25, 0.3) is 0 Å². The Morgan fingerprint density at radius 1 is 0.821 bits per heavy atom. The topological polar surface area (TPSA) is 55.4 Å². The maximum Gasteiger partial charge on any atom is 0.224 e. The number of nitrogens with one attached hydrogen (secondary N) is 1. The number of ketones is 1. The number of aryl methyl sites for hydroxylation is 1. The van der Waals surface area contributed by atoms with Gasteiger partial charge in [-0.1, -0.05) is 60.2 Å². The minimum absolute atomic E-state index is 0.0280. The smallest absolute Gasteiger partial charge is 0.224 e. The molecule has 0 spiro atoms. The predicted molar refractivity (Wildman–Crippen MR) is 111 cm³/mol. The van der Waals surface area contributed by atoms with E-state index in [0.29, 0.717) is 17.9 Å². The van der Waals surface area contributed by atoms with E-state index in [1.807, 2.05) is 61.5 Å². The van der Waals surface area contributed by atoms with E-state index >= 15 is 0 Å². The maximum absolute atomic E-state index is 12.1. The summed E-state index contributed by atoms with van der Waals surface area (Å²) in [5.74, 6) is 0.523. The number of ether oxygens (including phenoxy) is 1. The van der Waals surface area contributed by atoms with Gasteiger partial charge in [-0.25, -0.2) is 0 Å². The van der Waals surface area contributed by atoms with Crippen molar-refractivity contribution in [3.05, 3.63) is 95.6 Å². The minimum atomic E-state index is -0.182. The molecule has 0 aromatic heterocycles. The third kappa shape index (κ3) is 5.81. The lowest BCUT2D eigenvalue weighted by molar-refractivity contribution is -0.116. The zero-order valence-electron chi connectivity index (χ0n) is 15.9. The van der Waals surface area contributed by atoms with E-state index in [1.54, 1.807) is 24.3 Å². The summed E-state index contributed by atoms with van der Waals surface area (Å²) < 4.78 is 5.73. The first-order valence-electron chi connectivity index (χ1n) is 9.27. The molecule has 0 aliphatic carbocycles. The Hall–Kier alpha value is -3.40. The second-order valence-corrected chi connectivity index (χ2v) is 6.64. The van der Waals surface area contributed by atoms with Crippen molar-refractivity contribution in [3.8, 4) is 5.75 Å². The van der Waals surface area contributed by atoms with E-state index in [-0.39, 0.29) is 24.5 Å². The summed E-state index contributed by atoms with van der Waals surface area (Å²) in [5, 5.41) is 2.81. The molecule has 0 unspecified atom stereocenters. The normalized spacial score (nSPS) is 10.3. The van der Waals surface area contributed by atoms with Crippen molar-refractivity contribution in [1.29, 1.82) is 0 Å². The summed E-state index contributed by atoms with van der Waals surface area (Å²) in [4.78, 5) is 24.3. The number of Topliss-reactive ketones (excluding diaryl/α,β-unsaturated/α-hetero) is 1. The number of rotatable bonds is 8. The van der Waals surface area contributed by atoms with Gasteiger partial charge in [-0.2, -0.15) is 0 Å². The zero-order valence-corrected chi connectivity index (χ0v) is 15.9. The Kier molecular flexibility index (Phi) is 6.58. The van der Waals surface area contributed by atoms with Gasteiger partial charge < -0.3 is 10.1 Å². The van der Waals surface area contributed by atoms with Gasteiger partial charge >= 0.3 is 0 Å². The van der Waals surface area contributed by atoms with E-state index in [9.17, 15) is 9.59 Å². The third-order valence-corrected chi connectivity index (χ3v) is 4.34. The number of hydrogen-bond acceptors (Lipinski definition) is 3. The summed E-state index contributed by atoms with van der Waals surface area (Å²) in [6.45, 7) is 2.47. The fourth-order valence-corrected chi connectivity index (χ4v) is 2.71. The van der Waals surface area contributed by atoms with E-state index in [0.717, 1.165) is 16.9 Å². The fraction of sp³-hybridized carbons (Fsp3) is 0.167. The first-order chi connectivity index (χ1) is 13.6. The molecule has 0 aliphatic heterocycles. The van der Waals surface area contributed by atoms with Gasteiger partial charge in [-0.05, 0) is 36.8 Å². The van der Waals surface area contributed by atoms with E-state index in [2.05, 4.69) is 5.32 Å². The summed E-state index contributed by atoms with van der Waals surface area (Å²) in [6.07, 6.45) is 0.339. The largest absolute Gasteiger partial charge is 0.489 e. The molecule has 0 bridgehead atoms. The number of carbonyl (C=O) groups excluding carboxylic acids is 2. The first kappa shape index (κ1) is 19.4. The Balaban J connectivity index is 1.45. The van der Waals surface area contributed by atoms with Gasteiger partial charge in [0.05, 0.1) is 0 Å². The zero-order chi connectivity index (χ0) is 19.8. The Morgan fingerprint density at radius 2 is 1.50 bits per heavy atom. The standard InChI is InChI=1S/C24H23NO3/c1-18-7-9-20(10-8-18)23(26)15-16-24(27)25-21-11-13-22(14-12-21)28-17-19-5-3-2-4-6-19/h2-14H,15-17H2,1H3,(H,25,27). The van der Waals surface area contributed by atoms with Gasteiger partial charge in [0.15, 0.2) is 5.78 Å². The summed E-state index contributed by atoms with van der Waals surface area (Å²) in [6, 6.07) is 24.5. The van der Waals surface area contributed by atoms with Crippen LogP contribution in [0, 0.1) is 6.92 Å². The van der Waals surface area contributed by atoms with Crippen LogP contribution in [0.4, 0.5) is 5.69 Å². The van der Waals surface area contributed by atoms with Crippen molar-refractivity contribution in [2.75, 3.05) is 5.32 Å². The molecule has 4 nitrogen and oxygen atoms in total. The van der Waals surface area contributed by atoms with Gasteiger partial charge in [0.25, 0.3) is 0 Å². The number of anilines is 1. The quantitative estimate of drug-likeness (QED) is 0.554. The lowest BCUT2D eigenvalue weighted by atomic mass is 10.0. The van der Waals surface area contributed by atoms with Gasteiger partial charge in [-0.15, -0.1) is 0 Å². The van der Waals surface area contributed by atoms with Crippen LogP contribution < -0.4 is 10.1 Å². The van der Waals surface area contributed by atoms with Crippen molar-refractivity contribution >= 4 is 17.4 Å². The van der Waals surface area contributed by atoms with Crippen LogP contribution >= 0.6 is 0 Å². The van der Waals surface area contributed by atoms with Crippen molar-refractivity contribution in [2.45, 2.75) is 26.4 Å². The van der Waals surface area contributed by atoms with E-state index < -0.39 is 0 Å². The second kappa shape index (κ2) is 9.51. The monoisotopic (exact) mass is 373 g/mol. The van der Waals surface area contributed by atoms with Gasteiger partial charge in [0.1, 0.15) is 12.4 Å². The molecule has 0 saturated heterocycles. The average Bonchev–Trinajstić information content (AvgIpc) is 2.73. The van der Waals surface area contributed by atoms with Crippen LogP contribution in [0.15, 0.2) is 78.9 Å². The van der Waals surface area contributed by atoms with Crippen molar-refractivity contribution < 1.29 is 14.3 Å². The molecule has 0 saturated carbocycles. The van der Waals surface area contributed by atoms with Crippen molar-refractivity contribution in [1.82, 2.24) is 0 Å². The van der Waals surface area contributed by atoms with E-state index in [4.69, 9.17) is 4.74 Å². The SMILES string of the molecule is Cc1ccc(C(=O)CCC(=O)Nc2ccc(OCc3ccccc3)cc2)cc1. The van der Waals surface area contributed by atoms with Crippen LogP contribution in [0.1, 0.15) is 34.3 Å². The van der Waals surface area contributed by atoms with Crippen molar-refractivity contribution in [3.63, 3.8) is 0 Å². The number of amides is 1. The van der Waals surface area contributed by atoms with Gasteiger partial charge in [0.2, 0.25) is 5.91 Å². The molecule has 3 aromatic carbocycles. The third-order valence-electron chi connectivity index (χ3n) is 4.34. The average molecular weight is 373 g/mol. The van der Waals surface area contributed by atoms with Crippen LogP contribution in [0.3, 0.4) is 0 Å². The lowest BCUT2D eigenvalue weighted by Crippen LogP contribution is -2.13. The minimum Gasteiger partial charge on any atom is -0.489 e. The highest BCUT2D eigenvalue weighted by Crippen LogP contribution is 2.17. The number of carbonyl (C=O) groups is 2. The highest BCUT2D eigenvalue weighted by atomic mass is 16.5. The predicted octanol–water partition coefficient (Wildman–Crippen LogP) is 5.18. The molecule has 0 aliphatic rings. The van der Waals surface area contributed by atoms with Crippen LogP contribution in [-0.4, -0.2) is 11.7 Å². The highest BCUT2D eigenvalue weighted by molar-refractivity contribution is 6.00. The molecule has 4 heteroatoms. The summed E-state index contributed by atoms with van der Waals surface area (Å²) >= 11 is 0. The Bertz CT molecular complexity index is 916. The Labute approximate surface area is 165 Å². The molecule has 142 valence electrons. The molecular formula is C24H23NO3. The highest BCUT2D eigenvalue weighted by Gasteiger charge is 2.09. The lowest BCUT2D eigenvalue weighted by Gasteiger charge is -2.08. The first-order valence-corrected chi connectivity index (χ1v) is 9.27. The van der Waals surface area contributed by atoms with Gasteiger partial charge in [0, 0.05) is 24.1 Å². The molecule has 1 amide bonds. The molecular weight excluding hydrogens is 350 g/mol. The van der Waals surface area contributed by atoms with Gasteiger partial charge in [-0.3, -0.25) is 9.59 Å².